The fourth-order valence-corrected chi connectivity index (χ4v) is 2.94. The first kappa shape index (κ1) is 12.0. The maximum absolute atomic E-state index is 4.33. The molecule has 0 spiro atoms. The lowest BCUT2D eigenvalue weighted by atomic mass is 10.2. The first-order valence-electron chi connectivity index (χ1n) is 6.16. The number of rotatable bonds is 4. The van der Waals surface area contributed by atoms with Crippen LogP contribution < -0.4 is 5.32 Å². The van der Waals surface area contributed by atoms with E-state index in [1.54, 1.807) is 17.7 Å². The van der Waals surface area contributed by atoms with Crippen LogP contribution in [0.25, 0.3) is 10.2 Å². The summed E-state index contributed by atoms with van der Waals surface area (Å²) in [6.07, 6.45) is 6.22. The molecule has 0 saturated carbocycles. The number of hydrogen-bond donors (Lipinski definition) is 1. The first-order valence-corrected chi connectivity index (χ1v) is 7.04. The smallest absolute Gasteiger partial charge is 0.147 e. The Kier molecular flexibility index (Phi) is 3.37. The van der Waals surface area contributed by atoms with Gasteiger partial charge in [0, 0.05) is 18.9 Å². The molecule has 5 heteroatoms. The quantitative estimate of drug-likeness (QED) is 0.791. The molecule has 0 bridgehead atoms. The highest BCUT2D eigenvalue weighted by molar-refractivity contribution is 7.18. The van der Waals surface area contributed by atoms with Crippen LogP contribution in [0.3, 0.4) is 0 Å². The second-order valence-electron chi connectivity index (χ2n) is 4.35. The predicted molar refractivity (Wildman–Crippen MR) is 78.6 cm³/mol. The maximum Gasteiger partial charge on any atom is 0.147 e. The molecule has 0 aromatic carbocycles. The molecule has 0 aliphatic rings. The summed E-state index contributed by atoms with van der Waals surface area (Å²) < 4.78 is 1.13. The largest absolute Gasteiger partial charge is 0.368 e. The van der Waals surface area contributed by atoms with Crippen molar-refractivity contribution in [2.75, 3.05) is 11.9 Å². The first-order chi connectivity index (χ1) is 9.34. The third-order valence-electron chi connectivity index (χ3n) is 2.99. The summed E-state index contributed by atoms with van der Waals surface area (Å²) in [4.78, 5) is 12.7. The van der Waals surface area contributed by atoms with Gasteiger partial charge in [-0.3, -0.25) is 4.98 Å². The predicted octanol–water partition coefficient (Wildman–Crippen LogP) is 3.05. The molecule has 0 aliphatic carbocycles. The van der Waals surface area contributed by atoms with Crippen LogP contribution in [-0.4, -0.2) is 21.5 Å². The van der Waals surface area contributed by atoms with E-state index in [9.17, 15) is 0 Å². The Balaban J connectivity index is 1.72. The monoisotopic (exact) mass is 270 g/mol. The number of thiophene rings is 1. The van der Waals surface area contributed by atoms with Crippen molar-refractivity contribution < 1.29 is 0 Å². The van der Waals surface area contributed by atoms with Gasteiger partial charge in [0.25, 0.3) is 0 Å². The van der Waals surface area contributed by atoms with Gasteiger partial charge < -0.3 is 5.32 Å². The third kappa shape index (κ3) is 2.56. The molecular weight excluding hydrogens is 256 g/mol. The summed E-state index contributed by atoms with van der Waals surface area (Å²) in [6.45, 7) is 2.93. The molecule has 3 heterocycles. The molecule has 0 atom stereocenters. The molecule has 19 heavy (non-hydrogen) atoms. The van der Waals surface area contributed by atoms with Gasteiger partial charge in [-0.15, -0.1) is 11.3 Å². The summed E-state index contributed by atoms with van der Waals surface area (Å²) >= 11 is 1.69. The highest BCUT2D eigenvalue weighted by Gasteiger charge is 2.07. The number of nitrogens with zero attached hydrogens (tertiary/aromatic N) is 3. The van der Waals surface area contributed by atoms with Crippen molar-refractivity contribution in [1.82, 2.24) is 15.0 Å². The molecule has 0 amide bonds. The number of hydrogen-bond acceptors (Lipinski definition) is 5. The van der Waals surface area contributed by atoms with Crippen molar-refractivity contribution in [3.63, 3.8) is 0 Å². The molecule has 0 radical (unpaired) electrons. The van der Waals surface area contributed by atoms with E-state index < -0.39 is 0 Å². The number of pyridine rings is 1. The second kappa shape index (κ2) is 5.32. The number of anilines is 1. The summed E-state index contributed by atoms with van der Waals surface area (Å²) in [5.41, 5.74) is 3.53. The number of aromatic nitrogens is 3. The number of nitrogens with one attached hydrogen (secondary N) is 1. The van der Waals surface area contributed by atoms with Crippen LogP contribution in [-0.2, 0) is 6.42 Å². The average Bonchev–Trinajstić information content (AvgIpc) is 2.83. The lowest BCUT2D eigenvalue weighted by Crippen LogP contribution is -2.06. The second-order valence-corrected chi connectivity index (χ2v) is 5.23. The van der Waals surface area contributed by atoms with Gasteiger partial charge in [-0.1, -0.05) is 0 Å². The van der Waals surface area contributed by atoms with Gasteiger partial charge in [0.15, 0.2) is 0 Å². The Morgan fingerprint density at radius 2 is 2.05 bits per heavy atom. The van der Waals surface area contributed by atoms with Gasteiger partial charge in [-0.2, -0.15) is 0 Å². The van der Waals surface area contributed by atoms with Crippen molar-refractivity contribution in [2.24, 2.45) is 0 Å². The average molecular weight is 270 g/mol. The molecule has 0 aliphatic heterocycles. The zero-order valence-electron chi connectivity index (χ0n) is 10.6. The zero-order chi connectivity index (χ0) is 13.1. The van der Waals surface area contributed by atoms with Crippen LogP contribution in [0.1, 0.15) is 11.1 Å². The van der Waals surface area contributed by atoms with Crippen molar-refractivity contribution in [3.8, 4) is 0 Å². The van der Waals surface area contributed by atoms with E-state index in [1.165, 1.54) is 11.1 Å². The SMILES string of the molecule is Cc1csc2c(NCCc3ccncc3)ncnc12. The molecule has 4 nitrogen and oxygen atoms in total. The van der Waals surface area contributed by atoms with Crippen LogP contribution in [0, 0.1) is 6.92 Å². The zero-order valence-corrected chi connectivity index (χ0v) is 11.4. The lowest BCUT2D eigenvalue weighted by Gasteiger charge is -2.06. The minimum absolute atomic E-state index is 0.854. The van der Waals surface area contributed by atoms with Gasteiger partial charge in [0.2, 0.25) is 0 Å². The van der Waals surface area contributed by atoms with Gasteiger partial charge in [-0.25, -0.2) is 9.97 Å². The van der Waals surface area contributed by atoms with E-state index in [0.29, 0.717) is 0 Å². The van der Waals surface area contributed by atoms with Crippen LogP contribution in [0.15, 0.2) is 36.2 Å². The Morgan fingerprint density at radius 1 is 1.21 bits per heavy atom. The molecule has 0 unspecified atom stereocenters. The van der Waals surface area contributed by atoms with E-state index in [0.717, 1.165) is 29.0 Å². The molecule has 3 rings (SSSR count). The summed E-state index contributed by atoms with van der Waals surface area (Å²) in [7, 11) is 0. The van der Waals surface area contributed by atoms with E-state index in [-0.39, 0.29) is 0 Å². The van der Waals surface area contributed by atoms with Crippen LogP contribution in [0.4, 0.5) is 5.82 Å². The molecule has 0 saturated heterocycles. The minimum atomic E-state index is 0.854. The minimum Gasteiger partial charge on any atom is -0.368 e. The Labute approximate surface area is 115 Å². The highest BCUT2D eigenvalue weighted by atomic mass is 32.1. The van der Waals surface area contributed by atoms with E-state index >= 15 is 0 Å². The maximum atomic E-state index is 4.33. The Hall–Kier alpha value is -2.01. The fraction of sp³-hybridized carbons (Fsp3) is 0.214. The summed E-state index contributed by atoms with van der Waals surface area (Å²) in [6, 6.07) is 4.07. The van der Waals surface area contributed by atoms with Crippen molar-refractivity contribution in [2.45, 2.75) is 13.3 Å². The molecule has 3 aromatic heterocycles. The molecule has 1 N–H and O–H groups in total. The summed E-state index contributed by atoms with van der Waals surface area (Å²) in [5, 5.41) is 5.51. The topological polar surface area (TPSA) is 50.7 Å². The third-order valence-corrected chi connectivity index (χ3v) is 4.08. The Morgan fingerprint density at radius 3 is 2.89 bits per heavy atom. The van der Waals surface area contributed by atoms with Crippen molar-refractivity contribution in [1.29, 1.82) is 0 Å². The van der Waals surface area contributed by atoms with Crippen LogP contribution in [0.5, 0.6) is 0 Å². The summed E-state index contributed by atoms with van der Waals surface area (Å²) in [5.74, 6) is 0.928. The van der Waals surface area contributed by atoms with E-state index in [1.807, 2.05) is 24.5 Å². The van der Waals surface area contributed by atoms with Gasteiger partial charge in [-0.05, 0) is 42.0 Å². The number of aryl methyl sites for hydroxylation is 1. The fourth-order valence-electron chi connectivity index (χ4n) is 1.97. The van der Waals surface area contributed by atoms with Crippen LogP contribution >= 0.6 is 11.3 Å². The normalized spacial score (nSPS) is 10.8. The van der Waals surface area contributed by atoms with Gasteiger partial charge in [0.05, 0.1) is 10.2 Å². The highest BCUT2D eigenvalue weighted by Crippen LogP contribution is 2.28. The van der Waals surface area contributed by atoms with E-state index in [2.05, 4.69) is 32.6 Å². The Bertz CT molecular complexity index is 678. The van der Waals surface area contributed by atoms with Gasteiger partial charge in [0.1, 0.15) is 12.1 Å². The van der Waals surface area contributed by atoms with Crippen LogP contribution in [0.2, 0.25) is 0 Å². The van der Waals surface area contributed by atoms with Crippen molar-refractivity contribution in [3.05, 3.63) is 47.4 Å². The van der Waals surface area contributed by atoms with E-state index in [4.69, 9.17) is 0 Å². The molecule has 96 valence electrons. The van der Waals surface area contributed by atoms with Crippen molar-refractivity contribution >= 4 is 27.4 Å². The lowest BCUT2D eigenvalue weighted by molar-refractivity contribution is 1.00. The molecule has 0 fully saturated rings. The molecule has 3 aromatic rings. The molecular formula is C14H14N4S. The van der Waals surface area contributed by atoms with Gasteiger partial charge >= 0.3 is 0 Å². The number of fused-ring (bicyclic) bond motifs is 1. The standard InChI is InChI=1S/C14H14N4S/c1-10-8-19-13-12(10)17-9-18-14(13)16-7-4-11-2-5-15-6-3-11/h2-3,5-6,8-9H,4,7H2,1H3,(H,16,17,18).